The summed E-state index contributed by atoms with van der Waals surface area (Å²) in [6.07, 6.45) is -9.42. The number of carbonyl (C=O) groups is 1. The van der Waals surface area contributed by atoms with Crippen molar-refractivity contribution in [3.63, 3.8) is 0 Å². The maximum atomic E-state index is 11.1. The van der Waals surface area contributed by atoms with Crippen LogP contribution in [0.2, 0.25) is 0 Å². The lowest BCUT2D eigenvalue weighted by molar-refractivity contribution is -0.291. The fourth-order valence-corrected chi connectivity index (χ4v) is 2.33. The van der Waals surface area contributed by atoms with Crippen LogP contribution in [-0.2, 0) is 33.6 Å². The van der Waals surface area contributed by atoms with Gasteiger partial charge in [-0.3, -0.25) is 4.55 Å². The van der Waals surface area contributed by atoms with Gasteiger partial charge in [-0.1, -0.05) is 0 Å². The largest absolute Gasteiger partial charge is 0.479 e. The normalized spacial score (nSPS) is 31.9. The van der Waals surface area contributed by atoms with E-state index in [1.807, 2.05) is 0 Å². The molecular weight excluding hydrogens is 342 g/mol. The molecule has 1 saturated heterocycles. The molecule has 0 aliphatic carbocycles. The first-order valence-electron chi connectivity index (χ1n) is 6.47. The summed E-state index contributed by atoms with van der Waals surface area (Å²) in [5.74, 6) is -1.68. The molecule has 23 heavy (non-hydrogen) atoms. The molecule has 136 valence electrons. The summed E-state index contributed by atoms with van der Waals surface area (Å²) >= 11 is 0. The highest BCUT2D eigenvalue weighted by molar-refractivity contribution is 7.80. The molecule has 0 saturated carbocycles. The van der Waals surface area contributed by atoms with Gasteiger partial charge in [-0.15, -0.1) is 0 Å². The fraction of sp³-hybridized carbons (Fsp3) is 0.900. The lowest BCUT2D eigenvalue weighted by Gasteiger charge is -2.39. The van der Waals surface area contributed by atoms with Crippen molar-refractivity contribution in [2.45, 2.75) is 30.7 Å². The van der Waals surface area contributed by atoms with Gasteiger partial charge in [0.25, 0.3) is 0 Å². The number of carboxylic acid groups (broad SMARTS) is 1. The number of hydrogen-bond donors (Lipinski definition) is 5. The molecule has 0 radical (unpaired) electrons. The molecule has 12 nitrogen and oxygen atoms in total. The van der Waals surface area contributed by atoms with E-state index in [2.05, 4.69) is 4.18 Å². The Morgan fingerprint density at radius 2 is 1.83 bits per heavy atom. The molecule has 0 aromatic carbocycles. The summed E-state index contributed by atoms with van der Waals surface area (Å²) in [4.78, 5) is 11.1. The van der Waals surface area contributed by atoms with Gasteiger partial charge in [0.05, 0.1) is 19.8 Å². The first-order valence-corrected chi connectivity index (χ1v) is 7.83. The molecule has 1 aliphatic rings. The van der Waals surface area contributed by atoms with E-state index < -0.39 is 47.1 Å². The predicted molar refractivity (Wildman–Crippen MR) is 70.6 cm³/mol. The van der Waals surface area contributed by atoms with E-state index in [1.54, 1.807) is 0 Å². The Kier molecular flexibility index (Phi) is 7.72. The number of aliphatic hydroxyl groups is 2. The van der Waals surface area contributed by atoms with Crippen molar-refractivity contribution in [2.24, 2.45) is 5.73 Å². The first-order chi connectivity index (χ1) is 10.7. The summed E-state index contributed by atoms with van der Waals surface area (Å²) in [5, 5.41) is 28.6. The zero-order chi connectivity index (χ0) is 17.6. The minimum atomic E-state index is -5.08. The minimum Gasteiger partial charge on any atom is -0.479 e. The molecule has 0 amide bonds. The second kappa shape index (κ2) is 8.81. The van der Waals surface area contributed by atoms with Crippen LogP contribution in [0.15, 0.2) is 0 Å². The molecule has 1 fully saturated rings. The highest BCUT2D eigenvalue weighted by atomic mass is 32.3. The number of ether oxygens (including phenoxy) is 3. The van der Waals surface area contributed by atoms with Crippen molar-refractivity contribution in [1.29, 1.82) is 0 Å². The van der Waals surface area contributed by atoms with Gasteiger partial charge in [0, 0.05) is 6.54 Å². The van der Waals surface area contributed by atoms with Crippen molar-refractivity contribution in [2.75, 3.05) is 26.4 Å². The summed E-state index contributed by atoms with van der Waals surface area (Å²) in [6.45, 7) is 0.520. The van der Waals surface area contributed by atoms with Crippen LogP contribution in [0.5, 0.6) is 0 Å². The van der Waals surface area contributed by atoms with Crippen LogP contribution in [-0.4, -0.2) is 91.3 Å². The molecule has 5 atom stereocenters. The lowest BCUT2D eigenvalue weighted by atomic mass is 9.99. The summed E-state index contributed by atoms with van der Waals surface area (Å²) in [6, 6.07) is 0. The number of hydrogen-bond acceptors (Lipinski definition) is 10. The van der Waals surface area contributed by atoms with Gasteiger partial charge in [-0.2, -0.15) is 8.42 Å². The maximum Gasteiger partial charge on any atom is 0.397 e. The smallest absolute Gasteiger partial charge is 0.397 e. The molecule has 1 heterocycles. The molecule has 1 aliphatic heterocycles. The number of rotatable bonds is 9. The molecule has 6 N–H and O–H groups in total. The van der Waals surface area contributed by atoms with Crippen LogP contribution in [0.25, 0.3) is 0 Å². The molecule has 0 spiro atoms. The van der Waals surface area contributed by atoms with Gasteiger partial charge in [0.15, 0.2) is 12.4 Å². The Hall–Kier alpha value is -0.900. The first kappa shape index (κ1) is 20.1. The van der Waals surface area contributed by atoms with E-state index in [1.165, 1.54) is 0 Å². The average molecular weight is 361 g/mol. The molecule has 13 heteroatoms. The summed E-state index contributed by atoms with van der Waals surface area (Å²) < 4.78 is 49.0. The Bertz CT molecular complexity index is 483. The maximum absolute atomic E-state index is 11.1. The summed E-state index contributed by atoms with van der Waals surface area (Å²) in [5.41, 5.74) is 5.20. The molecule has 0 bridgehead atoms. The van der Waals surface area contributed by atoms with Gasteiger partial charge in [0.1, 0.15) is 18.3 Å². The Morgan fingerprint density at radius 1 is 1.17 bits per heavy atom. The third-order valence-corrected chi connectivity index (χ3v) is 3.26. The Balaban J connectivity index is 2.71. The highest BCUT2D eigenvalue weighted by Gasteiger charge is 2.50. The van der Waals surface area contributed by atoms with E-state index in [4.69, 9.17) is 29.6 Å². The monoisotopic (exact) mass is 361 g/mol. The number of nitrogens with two attached hydrogens (primary N) is 1. The van der Waals surface area contributed by atoms with Crippen molar-refractivity contribution in [3.8, 4) is 0 Å². The van der Waals surface area contributed by atoms with Crippen LogP contribution < -0.4 is 5.73 Å². The number of carboxylic acids is 1. The van der Waals surface area contributed by atoms with Crippen LogP contribution in [0, 0.1) is 0 Å². The Morgan fingerprint density at radius 3 is 2.35 bits per heavy atom. The van der Waals surface area contributed by atoms with Crippen molar-refractivity contribution < 1.29 is 51.5 Å². The van der Waals surface area contributed by atoms with Crippen molar-refractivity contribution in [1.82, 2.24) is 0 Å². The SMILES string of the molecule is NCCOCCO[C@@H]1O[C@@H](C(=O)O)[C@@H](OS(=O)(=O)O)[C@H](O)[C@H]1O. The van der Waals surface area contributed by atoms with Gasteiger partial charge in [-0.05, 0) is 0 Å². The van der Waals surface area contributed by atoms with Gasteiger partial charge >= 0.3 is 16.4 Å². The lowest BCUT2D eigenvalue weighted by Crippen LogP contribution is -2.61. The predicted octanol–water partition coefficient (Wildman–Crippen LogP) is -3.30. The topological polar surface area (TPSA) is 195 Å². The average Bonchev–Trinajstić information content (AvgIpc) is 2.44. The van der Waals surface area contributed by atoms with E-state index in [9.17, 15) is 23.4 Å². The zero-order valence-corrected chi connectivity index (χ0v) is 12.7. The third-order valence-electron chi connectivity index (χ3n) is 2.79. The van der Waals surface area contributed by atoms with E-state index in [-0.39, 0.29) is 26.4 Å². The second-order valence-electron chi connectivity index (χ2n) is 4.50. The third kappa shape index (κ3) is 6.25. The summed E-state index contributed by atoms with van der Waals surface area (Å²) in [7, 11) is -5.08. The zero-order valence-electron chi connectivity index (χ0n) is 11.8. The fourth-order valence-electron chi connectivity index (χ4n) is 1.83. The quantitative estimate of drug-likeness (QED) is 0.203. The molecule has 1 rings (SSSR count). The van der Waals surface area contributed by atoms with Gasteiger partial charge < -0.3 is 35.3 Å². The van der Waals surface area contributed by atoms with E-state index >= 15 is 0 Å². The van der Waals surface area contributed by atoms with Crippen LogP contribution >= 0.6 is 0 Å². The van der Waals surface area contributed by atoms with Crippen molar-refractivity contribution in [3.05, 3.63) is 0 Å². The van der Waals surface area contributed by atoms with E-state index in [0.29, 0.717) is 0 Å². The molecule has 0 aromatic rings. The van der Waals surface area contributed by atoms with Crippen LogP contribution in [0.1, 0.15) is 0 Å². The minimum absolute atomic E-state index is 0.0720. The second-order valence-corrected chi connectivity index (χ2v) is 5.55. The van der Waals surface area contributed by atoms with E-state index in [0.717, 1.165) is 0 Å². The molecular formula is C10H19NO11S. The number of aliphatic hydroxyl groups excluding tert-OH is 2. The highest BCUT2D eigenvalue weighted by Crippen LogP contribution is 2.25. The van der Waals surface area contributed by atoms with Crippen molar-refractivity contribution >= 4 is 16.4 Å². The standard InChI is InChI=1S/C10H19NO11S/c11-1-2-19-3-4-20-10-6(13)5(12)7(22-23(16,17)18)8(21-10)9(14)15/h5-8,10,12-13H,1-4,11H2,(H,14,15)(H,16,17,18)/t5-,6-,7+,8-,10-/m1/s1. The Labute approximate surface area is 131 Å². The van der Waals surface area contributed by atoms with Gasteiger partial charge in [-0.25, -0.2) is 8.98 Å². The molecule has 0 aromatic heterocycles. The van der Waals surface area contributed by atoms with Crippen LogP contribution in [0.4, 0.5) is 0 Å². The van der Waals surface area contributed by atoms with Gasteiger partial charge in [0.2, 0.25) is 0 Å². The molecule has 0 unspecified atom stereocenters. The number of aliphatic carboxylic acids is 1. The van der Waals surface area contributed by atoms with Crippen LogP contribution in [0.3, 0.4) is 0 Å².